The smallest absolute Gasteiger partial charge is 0.338 e. The second-order valence-corrected chi connectivity index (χ2v) is 3.01. The van der Waals surface area contributed by atoms with Crippen LogP contribution in [0.3, 0.4) is 0 Å². The highest BCUT2D eigenvalue weighted by atomic mass is 79.9. The Kier molecular flexibility index (Phi) is 2.46. The minimum absolute atomic E-state index is 0.00914. The summed E-state index contributed by atoms with van der Waals surface area (Å²) in [6, 6.07) is 1.44. The summed E-state index contributed by atoms with van der Waals surface area (Å²) in [5.74, 6) is -1.07. The van der Waals surface area contributed by atoms with Crippen LogP contribution in [0, 0.1) is 0 Å². The molecule has 0 unspecified atom stereocenters. The van der Waals surface area contributed by atoms with E-state index in [0.717, 1.165) is 0 Å². The lowest BCUT2D eigenvalue weighted by Crippen LogP contribution is -1.97. The Labute approximate surface area is 76.1 Å². The first-order valence-electron chi connectivity index (χ1n) is 2.65. The van der Waals surface area contributed by atoms with E-state index in [2.05, 4.69) is 20.9 Å². The van der Waals surface area contributed by atoms with E-state index in [1.807, 2.05) is 0 Å². The van der Waals surface area contributed by atoms with Crippen molar-refractivity contribution in [3.63, 3.8) is 0 Å². The molecule has 0 spiro atoms. The van der Waals surface area contributed by atoms with Crippen LogP contribution in [0.5, 0.6) is 0 Å². The fourth-order valence-electron chi connectivity index (χ4n) is 0.565. The summed E-state index contributed by atoms with van der Waals surface area (Å²) >= 11 is 8.63. The number of carboxylic acid groups (broad SMARTS) is 1. The zero-order chi connectivity index (χ0) is 8.43. The molecule has 0 atom stereocenters. The SMILES string of the molecule is O=C(O)c1cnc(Br)cc1Cl. The van der Waals surface area contributed by atoms with Gasteiger partial charge in [-0.05, 0) is 22.0 Å². The molecule has 1 aromatic heterocycles. The van der Waals surface area contributed by atoms with Crippen molar-refractivity contribution in [2.75, 3.05) is 0 Å². The molecule has 0 radical (unpaired) electrons. The lowest BCUT2D eigenvalue weighted by atomic mass is 10.3. The number of aromatic carboxylic acids is 1. The Bertz CT molecular complexity index is 303. The van der Waals surface area contributed by atoms with Crippen LogP contribution >= 0.6 is 27.5 Å². The Hall–Kier alpha value is -0.610. The van der Waals surface area contributed by atoms with E-state index in [-0.39, 0.29) is 10.6 Å². The molecule has 1 N–H and O–H groups in total. The highest BCUT2D eigenvalue weighted by Gasteiger charge is 2.08. The first-order chi connectivity index (χ1) is 5.11. The normalized spacial score (nSPS) is 9.64. The fraction of sp³-hybridized carbons (Fsp3) is 0. The quantitative estimate of drug-likeness (QED) is 0.761. The van der Waals surface area contributed by atoms with Gasteiger partial charge in [0, 0.05) is 6.20 Å². The van der Waals surface area contributed by atoms with Crippen molar-refractivity contribution in [2.45, 2.75) is 0 Å². The molecule has 1 aromatic rings. The van der Waals surface area contributed by atoms with Crippen molar-refractivity contribution in [3.8, 4) is 0 Å². The van der Waals surface area contributed by atoms with Crippen LogP contribution in [0.4, 0.5) is 0 Å². The Morgan fingerprint density at radius 3 is 2.82 bits per heavy atom. The maximum absolute atomic E-state index is 10.4. The topological polar surface area (TPSA) is 50.2 Å². The standard InChI is InChI=1S/C6H3BrClNO2/c7-5-1-4(8)3(2-9-5)6(10)11/h1-2H,(H,10,11). The van der Waals surface area contributed by atoms with Gasteiger partial charge in [0.25, 0.3) is 0 Å². The monoisotopic (exact) mass is 235 g/mol. The fourth-order valence-corrected chi connectivity index (χ4v) is 1.26. The zero-order valence-electron chi connectivity index (χ0n) is 5.21. The third kappa shape index (κ3) is 1.91. The van der Waals surface area contributed by atoms with Crippen molar-refractivity contribution < 1.29 is 9.90 Å². The molecule has 0 fully saturated rings. The minimum Gasteiger partial charge on any atom is -0.478 e. The summed E-state index contributed by atoms with van der Waals surface area (Å²) in [4.78, 5) is 14.1. The molecule has 0 amide bonds. The molecular formula is C6H3BrClNO2. The van der Waals surface area contributed by atoms with Crippen LogP contribution in [0.1, 0.15) is 10.4 Å². The van der Waals surface area contributed by atoms with Crippen molar-refractivity contribution >= 4 is 33.5 Å². The van der Waals surface area contributed by atoms with Crippen LogP contribution in [0.2, 0.25) is 5.02 Å². The molecule has 0 aliphatic rings. The minimum atomic E-state index is -1.07. The Morgan fingerprint density at radius 1 is 1.73 bits per heavy atom. The average molecular weight is 236 g/mol. The van der Waals surface area contributed by atoms with Crippen LogP contribution < -0.4 is 0 Å². The lowest BCUT2D eigenvalue weighted by Gasteiger charge is -1.96. The summed E-state index contributed by atoms with van der Waals surface area (Å²) < 4.78 is 0.521. The largest absolute Gasteiger partial charge is 0.478 e. The predicted molar refractivity (Wildman–Crippen MR) is 43.9 cm³/mol. The summed E-state index contributed by atoms with van der Waals surface area (Å²) in [7, 11) is 0. The van der Waals surface area contributed by atoms with E-state index in [1.165, 1.54) is 12.3 Å². The molecule has 1 heterocycles. The van der Waals surface area contributed by atoms with E-state index < -0.39 is 5.97 Å². The highest BCUT2D eigenvalue weighted by Crippen LogP contribution is 2.18. The molecule has 3 nitrogen and oxygen atoms in total. The number of halogens is 2. The first kappa shape index (κ1) is 8.49. The molecule has 11 heavy (non-hydrogen) atoms. The molecule has 0 bridgehead atoms. The van der Waals surface area contributed by atoms with Crippen LogP contribution in [0.25, 0.3) is 0 Å². The van der Waals surface area contributed by atoms with E-state index >= 15 is 0 Å². The molecule has 0 saturated carbocycles. The molecular weight excluding hydrogens is 233 g/mol. The second kappa shape index (κ2) is 3.19. The molecule has 0 saturated heterocycles. The number of carbonyl (C=O) groups is 1. The molecule has 0 aliphatic carbocycles. The van der Waals surface area contributed by atoms with Gasteiger partial charge in [-0.2, -0.15) is 0 Å². The third-order valence-electron chi connectivity index (χ3n) is 1.05. The number of nitrogens with zero attached hydrogens (tertiary/aromatic N) is 1. The van der Waals surface area contributed by atoms with Gasteiger partial charge >= 0.3 is 5.97 Å². The summed E-state index contributed by atoms with van der Waals surface area (Å²) in [6.45, 7) is 0. The molecule has 1 rings (SSSR count). The molecule has 5 heteroatoms. The van der Waals surface area contributed by atoms with Crippen molar-refractivity contribution in [1.82, 2.24) is 4.98 Å². The van der Waals surface area contributed by atoms with E-state index in [0.29, 0.717) is 4.60 Å². The van der Waals surface area contributed by atoms with Crippen LogP contribution in [-0.2, 0) is 0 Å². The van der Waals surface area contributed by atoms with Crippen molar-refractivity contribution in [2.24, 2.45) is 0 Å². The van der Waals surface area contributed by atoms with Crippen LogP contribution in [-0.4, -0.2) is 16.1 Å². The summed E-state index contributed by atoms with van der Waals surface area (Å²) in [6.07, 6.45) is 1.20. The number of pyridine rings is 1. The van der Waals surface area contributed by atoms with Gasteiger partial charge < -0.3 is 5.11 Å². The predicted octanol–water partition coefficient (Wildman–Crippen LogP) is 2.20. The Balaban J connectivity index is 3.20. The maximum Gasteiger partial charge on any atom is 0.338 e. The van der Waals surface area contributed by atoms with Gasteiger partial charge in [-0.25, -0.2) is 9.78 Å². The van der Waals surface area contributed by atoms with Gasteiger partial charge in [0.2, 0.25) is 0 Å². The number of hydrogen-bond acceptors (Lipinski definition) is 2. The van der Waals surface area contributed by atoms with Gasteiger partial charge in [-0.15, -0.1) is 0 Å². The molecule has 0 aromatic carbocycles. The van der Waals surface area contributed by atoms with Crippen LogP contribution in [0.15, 0.2) is 16.9 Å². The first-order valence-corrected chi connectivity index (χ1v) is 3.82. The second-order valence-electron chi connectivity index (χ2n) is 1.79. The van der Waals surface area contributed by atoms with E-state index in [1.54, 1.807) is 0 Å². The van der Waals surface area contributed by atoms with Gasteiger partial charge in [-0.3, -0.25) is 0 Å². The maximum atomic E-state index is 10.4. The van der Waals surface area contributed by atoms with Crippen molar-refractivity contribution in [3.05, 3.63) is 27.5 Å². The van der Waals surface area contributed by atoms with E-state index in [9.17, 15) is 4.79 Å². The number of rotatable bonds is 1. The molecule has 0 aliphatic heterocycles. The van der Waals surface area contributed by atoms with Gasteiger partial charge in [0.05, 0.1) is 10.6 Å². The lowest BCUT2D eigenvalue weighted by molar-refractivity contribution is 0.0696. The summed E-state index contributed by atoms with van der Waals surface area (Å²) in [5.41, 5.74) is 0.00914. The zero-order valence-corrected chi connectivity index (χ0v) is 7.56. The average Bonchev–Trinajstić information content (AvgIpc) is 1.85. The number of hydrogen-bond donors (Lipinski definition) is 1. The third-order valence-corrected chi connectivity index (χ3v) is 1.80. The highest BCUT2D eigenvalue weighted by molar-refractivity contribution is 9.10. The number of aromatic nitrogens is 1. The van der Waals surface area contributed by atoms with Gasteiger partial charge in [0.1, 0.15) is 4.60 Å². The van der Waals surface area contributed by atoms with Crippen molar-refractivity contribution in [1.29, 1.82) is 0 Å². The van der Waals surface area contributed by atoms with E-state index in [4.69, 9.17) is 16.7 Å². The summed E-state index contributed by atoms with van der Waals surface area (Å²) in [5, 5.41) is 8.70. The van der Waals surface area contributed by atoms with Gasteiger partial charge in [0.15, 0.2) is 0 Å². The van der Waals surface area contributed by atoms with Gasteiger partial charge in [-0.1, -0.05) is 11.6 Å². The Morgan fingerprint density at radius 2 is 2.36 bits per heavy atom. The molecule has 58 valence electrons. The number of carboxylic acids is 1.